The van der Waals surface area contributed by atoms with E-state index in [1.165, 1.54) is 19.9 Å². The topological polar surface area (TPSA) is 68.8 Å². The van der Waals surface area contributed by atoms with Crippen molar-refractivity contribution in [2.75, 3.05) is 32.0 Å². The van der Waals surface area contributed by atoms with E-state index in [4.69, 9.17) is 0 Å². The van der Waals surface area contributed by atoms with Gasteiger partial charge in [0.05, 0.1) is 0 Å². The summed E-state index contributed by atoms with van der Waals surface area (Å²) < 4.78 is 0. The predicted molar refractivity (Wildman–Crippen MR) is 119 cm³/mol. The first-order valence-corrected chi connectivity index (χ1v) is 9.16. The van der Waals surface area contributed by atoms with Crippen LogP contribution in [0.15, 0.2) is 29.3 Å². The van der Waals surface area contributed by atoms with Gasteiger partial charge in [-0.3, -0.25) is 9.79 Å². The average Bonchev–Trinajstić information content (AvgIpc) is 2.60. The number of halogens is 1. The van der Waals surface area contributed by atoms with Gasteiger partial charge >= 0.3 is 0 Å². The zero-order valence-electron chi connectivity index (χ0n) is 16.0. The molecule has 0 aromatic heterocycles. The van der Waals surface area contributed by atoms with Gasteiger partial charge in [-0.15, -0.1) is 24.0 Å². The molecule has 1 heterocycles. The van der Waals surface area contributed by atoms with Crippen molar-refractivity contribution in [1.29, 1.82) is 0 Å². The SMILES string of the molecule is CCCN1CCC(NC(=NC)NCc2cccc(NC(C)=O)c2)CC1.I. The molecule has 1 aliphatic rings. The van der Waals surface area contributed by atoms with E-state index in [9.17, 15) is 4.79 Å². The first-order chi connectivity index (χ1) is 12.1. The van der Waals surface area contributed by atoms with Crippen molar-refractivity contribution < 1.29 is 4.79 Å². The van der Waals surface area contributed by atoms with Gasteiger partial charge < -0.3 is 20.9 Å². The molecule has 2 rings (SSSR count). The van der Waals surface area contributed by atoms with Crippen molar-refractivity contribution in [3.63, 3.8) is 0 Å². The molecule has 1 aromatic rings. The molecule has 1 aromatic carbocycles. The molecule has 3 N–H and O–H groups in total. The number of carbonyl (C=O) groups excluding carboxylic acids is 1. The molecule has 7 heteroatoms. The Kier molecular flexibility index (Phi) is 10.6. The fourth-order valence-corrected chi connectivity index (χ4v) is 3.15. The third-order valence-corrected chi connectivity index (χ3v) is 4.40. The summed E-state index contributed by atoms with van der Waals surface area (Å²) in [4.78, 5) is 18.0. The monoisotopic (exact) mass is 473 g/mol. The van der Waals surface area contributed by atoms with Crippen LogP contribution in [-0.4, -0.2) is 49.5 Å². The number of nitrogens with zero attached hydrogens (tertiary/aromatic N) is 2. The lowest BCUT2D eigenvalue weighted by Gasteiger charge is -2.32. The summed E-state index contributed by atoms with van der Waals surface area (Å²) in [6.07, 6.45) is 3.52. The number of carbonyl (C=O) groups is 1. The van der Waals surface area contributed by atoms with Crippen LogP contribution >= 0.6 is 24.0 Å². The summed E-state index contributed by atoms with van der Waals surface area (Å²) in [7, 11) is 1.80. The van der Waals surface area contributed by atoms with Gasteiger partial charge in [0.2, 0.25) is 5.91 Å². The number of amides is 1. The first-order valence-electron chi connectivity index (χ1n) is 9.16. The number of nitrogens with one attached hydrogen (secondary N) is 3. The normalized spacial score (nSPS) is 15.9. The number of hydrogen-bond acceptors (Lipinski definition) is 3. The maximum absolute atomic E-state index is 11.2. The number of aliphatic imine (C=N–C) groups is 1. The number of hydrogen-bond donors (Lipinski definition) is 3. The fourth-order valence-electron chi connectivity index (χ4n) is 3.15. The zero-order chi connectivity index (χ0) is 18.1. The Morgan fingerprint density at radius 2 is 2.04 bits per heavy atom. The maximum atomic E-state index is 11.2. The van der Waals surface area contributed by atoms with Crippen LogP contribution in [0.4, 0.5) is 5.69 Å². The summed E-state index contributed by atoms with van der Waals surface area (Å²) in [5, 5.41) is 9.70. The molecule has 26 heavy (non-hydrogen) atoms. The minimum atomic E-state index is -0.0583. The van der Waals surface area contributed by atoms with Gasteiger partial charge in [-0.2, -0.15) is 0 Å². The van der Waals surface area contributed by atoms with Crippen LogP contribution < -0.4 is 16.0 Å². The summed E-state index contributed by atoms with van der Waals surface area (Å²) in [6.45, 7) is 7.92. The third-order valence-electron chi connectivity index (χ3n) is 4.40. The summed E-state index contributed by atoms with van der Waals surface area (Å²) in [5.41, 5.74) is 1.92. The van der Waals surface area contributed by atoms with Crippen LogP contribution in [0.5, 0.6) is 0 Å². The Morgan fingerprint density at radius 1 is 1.31 bits per heavy atom. The lowest BCUT2D eigenvalue weighted by atomic mass is 10.1. The highest BCUT2D eigenvalue weighted by atomic mass is 127. The molecule has 146 valence electrons. The van der Waals surface area contributed by atoms with Gasteiger partial charge in [0.1, 0.15) is 0 Å². The first kappa shape index (κ1) is 22.7. The Balaban J connectivity index is 0.00000338. The minimum Gasteiger partial charge on any atom is -0.354 e. The van der Waals surface area contributed by atoms with E-state index in [0.29, 0.717) is 12.6 Å². The van der Waals surface area contributed by atoms with Crippen LogP contribution in [0, 0.1) is 0 Å². The minimum absolute atomic E-state index is 0. The zero-order valence-corrected chi connectivity index (χ0v) is 18.4. The Bertz CT molecular complexity index is 585. The Labute approximate surface area is 174 Å². The largest absolute Gasteiger partial charge is 0.354 e. The highest BCUT2D eigenvalue weighted by Gasteiger charge is 2.19. The van der Waals surface area contributed by atoms with E-state index in [-0.39, 0.29) is 29.9 Å². The smallest absolute Gasteiger partial charge is 0.221 e. The lowest BCUT2D eigenvalue weighted by molar-refractivity contribution is -0.114. The molecule has 0 spiro atoms. The molecule has 0 atom stereocenters. The predicted octanol–water partition coefficient (Wildman–Crippen LogP) is 2.80. The molecular weight excluding hydrogens is 441 g/mol. The van der Waals surface area contributed by atoms with E-state index < -0.39 is 0 Å². The van der Waals surface area contributed by atoms with E-state index in [2.05, 4.69) is 32.8 Å². The number of benzene rings is 1. The van der Waals surface area contributed by atoms with Crippen molar-refractivity contribution in [2.24, 2.45) is 4.99 Å². The second kappa shape index (κ2) is 12.1. The molecule has 1 aliphatic heterocycles. The van der Waals surface area contributed by atoms with Gasteiger partial charge in [-0.1, -0.05) is 19.1 Å². The average molecular weight is 473 g/mol. The van der Waals surface area contributed by atoms with E-state index in [0.717, 1.165) is 43.1 Å². The molecule has 0 aliphatic carbocycles. The number of guanidine groups is 1. The van der Waals surface area contributed by atoms with Crippen LogP contribution in [0.2, 0.25) is 0 Å². The van der Waals surface area contributed by atoms with Gasteiger partial charge in [0.15, 0.2) is 5.96 Å². The van der Waals surface area contributed by atoms with E-state index in [1.807, 2.05) is 24.3 Å². The second-order valence-electron chi connectivity index (χ2n) is 6.57. The molecule has 0 saturated carbocycles. The molecule has 0 radical (unpaired) electrons. The summed E-state index contributed by atoms with van der Waals surface area (Å²) >= 11 is 0. The van der Waals surface area contributed by atoms with Gasteiger partial charge in [0.25, 0.3) is 0 Å². The quantitative estimate of drug-likeness (QED) is 0.338. The number of piperidine rings is 1. The lowest BCUT2D eigenvalue weighted by Crippen LogP contribution is -2.48. The molecular formula is C19H32IN5O. The third kappa shape index (κ3) is 7.90. The van der Waals surface area contributed by atoms with Crippen molar-refractivity contribution in [3.8, 4) is 0 Å². The van der Waals surface area contributed by atoms with Gasteiger partial charge in [-0.25, -0.2) is 0 Å². The molecule has 1 fully saturated rings. The highest BCUT2D eigenvalue weighted by Crippen LogP contribution is 2.12. The van der Waals surface area contributed by atoms with Gasteiger partial charge in [-0.05, 0) is 43.5 Å². The summed E-state index contributed by atoms with van der Waals surface area (Å²) in [5.74, 6) is 0.774. The Hall–Kier alpha value is -1.35. The van der Waals surface area contributed by atoms with Crippen LogP contribution in [0.3, 0.4) is 0 Å². The molecule has 1 amide bonds. The number of rotatable bonds is 6. The maximum Gasteiger partial charge on any atom is 0.221 e. The van der Waals surface area contributed by atoms with Crippen LogP contribution in [-0.2, 0) is 11.3 Å². The van der Waals surface area contributed by atoms with Crippen LogP contribution in [0.25, 0.3) is 0 Å². The van der Waals surface area contributed by atoms with Crippen molar-refractivity contribution >= 4 is 41.5 Å². The fraction of sp³-hybridized carbons (Fsp3) is 0.579. The molecule has 6 nitrogen and oxygen atoms in total. The van der Waals surface area contributed by atoms with E-state index >= 15 is 0 Å². The number of anilines is 1. The van der Waals surface area contributed by atoms with Crippen molar-refractivity contribution in [1.82, 2.24) is 15.5 Å². The molecule has 0 unspecified atom stereocenters. The molecule has 0 bridgehead atoms. The van der Waals surface area contributed by atoms with Crippen LogP contribution in [0.1, 0.15) is 38.7 Å². The Morgan fingerprint density at radius 3 is 2.65 bits per heavy atom. The van der Waals surface area contributed by atoms with E-state index in [1.54, 1.807) is 7.05 Å². The summed E-state index contributed by atoms with van der Waals surface area (Å²) in [6, 6.07) is 8.33. The van der Waals surface area contributed by atoms with Gasteiger partial charge in [0, 0.05) is 45.3 Å². The second-order valence-corrected chi connectivity index (χ2v) is 6.57. The molecule has 1 saturated heterocycles. The van der Waals surface area contributed by atoms with Crippen molar-refractivity contribution in [2.45, 2.75) is 45.7 Å². The number of likely N-dealkylation sites (tertiary alicyclic amines) is 1. The highest BCUT2D eigenvalue weighted by molar-refractivity contribution is 14.0. The van der Waals surface area contributed by atoms with Crippen molar-refractivity contribution in [3.05, 3.63) is 29.8 Å². The standard InChI is InChI=1S/C19H31N5O.HI/c1-4-10-24-11-8-17(9-12-24)23-19(20-3)21-14-16-6-5-7-18(13-16)22-15(2)25;/h5-7,13,17H,4,8-12,14H2,1-3H3,(H,22,25)(H2,20,21,23);1H.